The van der Waals surface area contributed by atoms with Crippen LogP contribution in [0.15, 0.2) is 18.2 Å². The number of benzene rings is 1. The zero-order valence-electron chi connectivity index (χ0n) is 9.73. The highest BCUT2D eigenvalue weighted by molar-refractivity contribution is 6.22. The Morgan fingerprint density at radius 3 is 3.06 bits per heavy atom. The number of alkyl halides is 2. The molecule has 1 saturated heterocycles. The van der Waals surface area contributed by atoms with Crippen LogP contribution in [0.1, 0.15) is 0 Å². The van der Waals surface area contributed by atoms with Crippen LogP contribution >= 0.6 is 23.2 Å². The standard InChI is InChI=1S/C12H14Cl2N2O2/c13-10-6-15-4-5-16(10)8-2-1-3-9-12(8)17-7-11(14)18-9/h1-3,10-11,15H,4-7H2. The highest BCUT2D eigenvalue weighted by atomic mass is 35.5. The third kappa shape index (κ3) is 2.20. The third-order valence-corrected chi connectivity index (χ3v) is 3.67. The summed E-state index contributed by atoms with van der Waals surface area (Å²) < 4.78 is 11.2. The Kier molecular flexibility index (Phi) is 3.41. The second kappa shape index (κ2) is 5.03. The lowest BCUT2D eigenvalue weighted by Crippen LogP contribution is -2.49. The number of anilines is 1. The summed E-state index contributed by atoms with van der Waals surface area (Å²) in [5.41, 5.74) is 0.461. The van der Waals surface area contributed by atoms with E-state index in [0.717, 1.165) is 31.1 Å². The van der Waals surface area contributed by atoms with Crippen LogP contribution in [0.5, 0.6) is 11.5 Å². The largest absolute Gasteiger partial charge is 0.482 e. The Hall–Kier alpha value is -0.840. The molecule has 0 aromatic heterocycles. The number of rotatable bonds is 1. The molecule has 0 radical (unpaired) electrons. The number of ether oxygens (including phenoxy) is 2. The quantitative estimate of drug-likeness (QED) is 0.633. The maximum absolute atomic E-state index is 6.33. The van der Waals surface area contributed by atoms with Gasteiger partial charge < -0.3 is 19.7 Å². The van der Waals surface area contributed by atoms with Crippen molar-refractivity contribution in [1.29, 1.82) is 0 Å². The van der Waals surface area contributed by atoms with E-state index in [-0.39, 0.29) is 5.50 Å². The van der Waals surface area contributed by atoms with Gasteiger partial charge in [0.2, 0.25) is 5.56 Å². The molecule has 98 valence electrons. The fourth-order valence-corrected chi connectivity index (χ4v) is 2.70. The van der Waals surface area contributed by atoms with Gasteiger partial charge in [0, 0.05) is 19.6 Å². The lowest BCUT2D eigenvalue weighted by atomic mass is 10.2. The predicted molar refractivity (Wildman–Crippen MR) is 72.1 cm³/mol. The van der Waals surface area contributed by atoms with Crippen LogP contribution in [-0.2, 0) is 0 Å². The highest BCUT2D eigenvalue weighted by Crippen LogP contribution is 2.42. The molecule has 1 aromatic carbocycles. The molecule has 0 aliphatic carbocycles. The molecule has 0 amide bonds. The van der Waals surface area contributed by atoms with Gasteiger partial charge in [0.15, 0.2) is 11.5 Å². The summed E-state index contributed by atoms with van der Waals surface area (Å²) in [6.45, 7) is 2.86. The minimum absolute atomic E-state index is 0.0809. The fraction of sp³-hybridized carbons (Fsp3) is 0.500. The molecule has 1 N–H and O–H groups in total. The molecule has 1 fully saturated rings. The van der Waals surface area contributed by atoms with Crippen molar-refractivity contribution >= 4 is 28.9 Å². The Bertz CT molecular complexity index is 444. The van der Waals surface area contributed by atoms with Gasteiger partial charge in [0.1, 0.15) is 12.1 Å². The zero-order chi connectivity index (χ0) is 12.5. The number of hydrogen-bond donors (Lipinski definition) is 1. The van der Waals surface area contributed by atoms with Crippen LogP contribution in [-0.4, -0.2) is 37.3 Å². The summed E-state index contributed by atoms with van der Waals surface area (Å²) in [7, 11) is 0. The summed E-state index contributed by atoms with van der Waals surface area (Å²) in [6, 6.07) is 5.79. The lowest BCUT2D eigenvalue weighted by Gasteiger charge is -2.36. The highest BCUT2D eigenvalue weighted by Gasteiger charge is 2.27. The van der Waals surface area contributed by atoms with E-state index in [2.05, 4.69) is 10.2 Å². The van der Waals surface area contributed by atoms with Gasteiger partial charge in [-0.2, -0.15) is 0 Å². The van der Waals surface area contributed by atoms with Gasteiger partial charge in [0.25, 0.3) is 0 Å². The van der Waals surface area contributed by atoms with Gasteiger partial charge in [-0.3, -0.25) is 0 Å². The minimum atomic E-state index is -0.428. The Morgan fingerprint density at radius 1 is 1.33 bits per heavy atom. The second-order valence-electron chi connectivity index (χ2n) is 4.28. The molecule has 2 unspecified atom stereocenters. The van der Waals surface area contributed by atoms with Crippen LogP contribution in [0.3, 0.4) is 0 Å². The van der Waals surface area contributed by atoms with Crippen molar-refractivity contribution in [2.24, 2.45) is 0 Å². The monoisotopic (exact) mass is 288 g/mol. The molecule has 2 atom stereocenters. The van der Waals surface area contributed by atoms with E-state index in [9.17, 15) is 0 Å². The predicted octanol–water partition coefficient (Wildman–Crippen LogP) is 2.00. The summed E-state index contributed by atoms with van der Waals surface area (Å²) in [5.74, 6) is 1.42. The average molecular weight is 289 g/mol. The molecule has 0 bridgehead atoms. The van der Waals surface area contributed by atoms with E-state index in [1.54, 1.807) is 0 Å². The summed E-state index contributed by atoms with van der Waals surface area (Å²) >= 11 is 12.2. The molecule has 18 heavy (non-hydrogen) atoms. The van der Waals surface area contributed by atoms with Gasteiger partial charge in [-0.1, -0.05) is 29.3 Å². The van der Waals surface area contributed by atoms with Crippen LogP contribution in [0, 0.1) is 0 Å². The lowest BCUT2D eigenvalue weighted by molar-refractivity contribution is 0.144. The molecule has 2 heterocycles. The number of piperazine rings is 1. The number of nitrogens with one attached hydrogen (secondary N) is 1. The van der Waals surface area contributed by atoms with Crippen molar-refractivity contribution in [1.82, 2.24) is 5.32 Å². The number of fused-ring (bicyclic) bond motifs is 1. The van der Waals surface area contributed by atoms with Crippen molar-refractivity contribution in [2.45, 2.75) is 11.1 Å². The van der Waals surface area contributed by atoms with Gasteiger partial charge in [-0.25, -0.2) is 0 Å². The van der Waals surface area contributed by atoms with Crippen LogP contribution in [0.4, 0.5) is 5.69 Å². The maximum atomic E-state index is 6.33. The van der Waals surface area contributed by atoms with E-state index in [1.165, 1.54) is 0 Å². The van der Waals surface area contributed by atoms with Crippen LogP contribution in [0.2, 0.25) is 0 Å². The smallest absolute Gasteiger partial charge is 0.206 e. The van der Waals surface area contributed by atoms with Crippen molar-refractivity contribution in [3.8, 4) is 11.5 Å². The molecule has 3 rings (SSSR count). The third-order valence-electron chi connectivity index (χ3n) is 3.06. The Morgan fingerprint density at radius 2 is 2.22 bits per heavy atom. The van der Waals surface area contributed by atoms with E-state index >= 15 is 0 Å². The molecule has 1 aromatic rings. The molecule has 0 saturated carbocycles. The van der Waals surface area contributed by atoms with Crippen molar-refractivity contribution in [2.75, 3.05) is 31.1 Å². The molecule has 2 aliphatic heterocycles. The molecule has 0 spiro atoms. The van der Waals surface area contributed by atoms with Gasteiger partial charge in [0.05, 0.1) is 5.69 Å². The maximum Gasteiger partial charge on any atom is 0.206 e. The van der Waals surface area contributed by atoms with Crippen LogP contribution in [0.25, 0.3) is 0 Å². The van der Waals surface area contributed by atoms with Gasteiger partial charge >= 0.3 is 0 Å². The molecular formula is C12H14Cl2N2O2. The Labute approximate surface area is 116 Å². The average Bonchev–Trinajstić information content (AvgIpc) is 2.38. The summed E-state index contributed by atoms with van der Waals surface area (Å²) in [6.07, 6.45) is 0. The number of nitrogens with zero attached hydrogens (tertiary/aromatic N) is 1. The van der Waals surface area contributed by atoms with E-state index in [0.29, 0.717) is 12.4 Å². The number of para-hydroxylation sites is 1. The van der Waals surface area contributed by atoms with Crippen molar-refractivity contribution in [3.05, 3.63) is 18.2 Å². The van der Waals surface area contributed by atoms with Crippen LogP contribution < -0.4 is 19.7 Å². The SMILES string of the molecule is ClC1COc2c(cccc2N2CCNCC2Cl)O1. The minimum Gasteiger partial charge on any atom is -0.482 e. The molecule has 6 heteroatoms. The number of hydrogen-bond acceptors (Lipinski definition) is 4. The van der Waals surface area contributed by atoms with E-state index in [1.807, 2.05) is 18.2 Å². The molecule has 4 nitrogen and oxygen atoms in total. The van der Waals surface area contributed by atoms with Gasteiger partial charge in [-0.15, -0.1) is 0 Å². The zero-order valence-corrected chi connectivity index (χ0v) is 11.2. The second-order valence-corrected chi connectivity index (χ2v) is 5.27. The van der Waals surface area contributed by atoms with E-state index < -0.39 is 5.56 Å². The molecule has 2 aliphatic rings. The topological polar surface area (TPSA) is 33.7 Å². The summed E-state index contributed by atoms with van der Waals surface area (Å²) in [4.78, 5) is 2.12. The first-order valence-corrected chi connectivity index (χ1v) is 6.81. The first kappa shape index (κ1) is 12.2. The fourth-order valence-electron chi connectivity index (χ4n) is 2.23. The Balaban J connectivity index is 1.94. The first-order chi connectivity index (χ1) is 8.75. The van der Waals surface area contributed by atoms with E-state index in [4.69, 9.17) is 32.7 Å². The molecular weight excluding hydrogens is 275 g/mol. The number of halogens is 2. The van der Waals surface area contributed by atoms with Crippen molar-refractivity contribution < 1.29 is 9.47 Å². The van der Waals surface area contributed by atoms with Gasteiger partial charge in [-0.05, 0) is 12.1 Å². The summed E-state index contributed by atoms with van der Waals surface area (Å²) in [5, 5.41) is 3.25. The first-order valence-electron chi connectivity index (χ1n) is 5.93. The normalized spacial score (nSPS) is 27.1. The van der Waals surface area contributed by atoms with Crippen molar-refractivity contribution in [3.63, 3.8) is 0 Å².